The van der Waals surface area contributed by atoms with Crippen LogP contribution in [0.2, 0.25) is 0 Å². The minimum atomic E-state index is -0.846. The van der Waals surface area contributed by atoms with E-state index in [2.05, 4.69) is 10.4 Å². The SMILES string of the molecule is O=C(O)CCC(Cc1ccccc1)NC(=O)CCCn1cccn1. The molecule has 6 heteroatoms. The van der Waals surface area contributed by atoms with Crippen LogP contribution in [-0.4, -0.2) is 32.8 Å². The number of benzene rings is 1. The van der Waals surface area contributed by atoms with Gasteiger partial charge in [-0.3, -0.25) is 14.3 Å². The molecule has 0 radical (unpaired) electrons. The summed E-state index contributed by atoms with van der Waals surface area (Å²) >= 11 is 0. The first-order valence-electron chi connectivity index (χ1n) is 8.16. The first kappa shape index (κ1) is 17.7. The Bertz CT molecular complexity index is 626. The maximum atomic E-state index is 12.1. The van der Waals surface area contributed by atoms with Crippen molar-refractivity contribution >= 4 is 11.9 Å². The smallest absolute Gasteiger partial charge is 0.303 e. The molecule has 128 valence electrons. The standard InChI is InChI=1S/C18H23N3O3/c22-17(8-4-12-21-13-5-11-19-21)20-16(9-10-18(23)24)14-15-6-2-1-3-7-15/h1-3,5-7,11,13,16H,4,8-10,12,14H2,(H,20,22)(H,23,24). The topological polar surface area (TPSA) is 84.2 Å². The van der Waals surface area contributed by atoms with E-state index in [1.54, 1.807) is 10.9 Å². The summed E-state index contributed by atoms with van der Waals surface area (Å²) in [5.74, 6) is -0.894. The maximum Gasteiger partial charge on any atom is 0.303 e. The lowest BCUT2D eigenvalue weighted by Crippen LogP contribution is -2.36. The van der Waals surface area contributed by atoms with E-state index in [9.17, 15) is 9.59 Å². The van der Waals surface area contributed by atoms with Gasteiger partial charge in [-0.1, -0.05) is 30.3 Å². The number of hydrogen-bond donors (Lipinski definition) is 2. The highest BCUT2D eigenvalue weighted by Crippen LogP contribution is 2.08. The van der Waals surface area contributed by atoms with E-state index in [4.69, 9.17) is 5.11 Å². The molecular formula is C18H23N3O3. The van der Waals surface area contributed by atoms with E-state index < -0.39 is 5.97 Å². The fraction of sp³-hybridized carbons (Fsp3) is 0.389. The van der Waals surface area contributed by atoms with Crippen molar-refractivity contribution in [3.05, 3.63) is 54.4 Å². The van der Waals surface area contributed by atoms with Gasteiger partial charge in [0.25, 0.3) is 0 Å². The molecule has 0 saturated carbocycles. The van der Waals surface area contributed by atoms with Crippen LogP contribution in [0.4, 0.5) is 0 Å². The number of aryl methyl sites for hydroxylation is 1. The van der Waals surface area contributed by atoms with E-state index >= 15 is 0 Å². The van der Waals surface area contributed by atoms with Crippen LogP contribution >= 0.6 is 0 Å². The molecule has 2 aromatic rings. The molecule has 1 aromatic carbocycles. The molecular weight excluding hydrogens is 306 g/mol. The number of carbonyl (C=O) groups is 2. The number of hydrogen-bond acceptors (Lipinski definition) is 3. The van der Waals surface area contributed by atoms with Gasteiger partial charge in [0.1, 0.15) is 0 Å². The Labute approximate surface area is 141 Å². The number of aliphatic carboxylic acids is 1. The van der Waals surface area contributed by atoms with Crippen LogP contribution in [0.1, 0.15) is 31.2 Å². The number of amides is 1. The number of carbonyl (C=O) groups excluding carboxylic acids is 1. The molecule has 0 fully saturated rings. The van der Waals surface area contributed by atoms with E-state index in [1.165, 1.54) is 0 Å². The van der Waals surface area contributed by atoms with Crippen LogP contribution < -0.4 is 5.32 Å². The molecule has 1 heterocycles. The Morgan fingerprint density at radius 3 is 2.62 bits per heavy atom. The van der Waals surface area contributed by atoms with Crippen LogP contribution in [0.5, 0.6) is 0 Å². The van der Waals surface area contributed by atoms with Gasteiger partial charge in [-0.15, -0.1) is 0 Å². The molecule has 0 saturated heterocycles. The molecule has 2 N–H and O–H groups in total. The highest BCUT2D eigenvalue weighted by Gasteiger charge is 2.14. The number of carboxylic acid groups (broad SMARTS) is 1. The van der Waals surface area contributed by atoms with Crippen LogP contribution in [0.25, 0.3) is 0 Å². The zero-order valence-corrected chi connectivity index (χ0v) is 13.6. The quantitative estimate of drug-likeness (QED) is 0.700. The number of carboxylic acids is 1. The minimum Gasteiger partial charge on any atom is -0.481 e. The highest BCUT2D eigenvalue weighted by atomic mass is 16.4. The first-order chi connectivity index (χ1) is 11.6. The van der Waals surface area contributed by atoms with Gasteiger partial charge in [0.05, 0.1) is 0 Å². The molecule has 0 aliphatic heterocycles. The average molecular weight is 329 g/mol. The van der Waals surface area contributed by atoms with Gasteiger partial charge in [-0.25, -0.2) is 0 Å². The number of aromatic nitrogens is 2. The fourth-order valence-electron chi connectivity index (χ4n) is 2.56. The third-order valence-corrected chi connectivity index (χ3v) is 3.75. The zero-order valence-electron chi connectivity index (χ0n) is 13.6. The third kappa shape index (κ3) is 6.64. The van der Waals surface area contributed by atoms with E-state index in [0.29, 0.717) is 32.2 Å². The normalized spacial score (nSPS) is 11.8. The number of nitrogens with zero attached hydrogens (tertiary/aromatic N) is 2. The van der Waals surface area contributed by atoms with Crippen molar-refractivity contribution in [1.29, 1.82) is 0 Å². The van der Waals surface area contributed by atoms with Gasteiger partial charge in [-0.05, 0) is 30.9 Å². The van der Waals surface area contributed by atoms with Crippen LogP contribution in [0, 0.1) is 0 Å². The Balaban J connectivity index is 1.81. The summed E-state index contributed by atoms with van der Waals surface area (Å²) in [5.41, 5.74) is 1.09. The molecule has 6 nitrogen and oxygen atoms in total. The van der Waals surface area contributed by atoms with Crippen molar-refractivity contribution < 1.29 is 14.7 Å². The van der Waals surface area contributed by atoms with E-state index in [1.807, 2.05) is 42.6 Å². The minimum absolute atomic E-state index is 0.0467. The predicted octanol–water partition coefficient (Wildman–Crippen LogP) is 2.26. The summed E-state index contributed by atoms with van der Waals surface area (Å²) in [6.07, 6.45) is 5.78. The molecule has 1 atom stereocenters. The van der Waals surface area contributed by atoms with Gasteiger partial charge in [0, 0.05) is 37.8 Å². The van der Waals surface area contributed by atoms with Crippen molar-refractivity contribution in [2.45, 2.75) is 44.7 Å². The van der Waals surface area contributed by atoms with Gasteiger partial charge in [-0.2, -0.15) is 5.10 Å². The number of nitrogens with one attached hydrogen (secondary N) is 1. The van der Waals surface area contributed by atoms with E-state index in [0.717, 1.165) is 5.56 Å². The maximum absolute atomic E-state index is 12.1. The molecule has 1 unspecified atom stereocenters. The lowest BCUT2D eigenvalue weighted by atomic mass is 10.0. The second-order valence-corrected chi connectivity index (χ2v) is 5.76. The van der Waals surface area contributed by atoms with Gasteiger partial charge in [0.15, 0.2) is 0 Å². The molecule has 1 aromatic heterocycles. The second-order valence-electron chi connectivity index (χ2n) is 5.76. The lowest BCUT2D eigenvalue weighted by Gasteiger charge is -2.18. The van der Waals surface area contributed by atoms with Crippen LogP contribution in [0.15, 0.2) is 48.8 Å². The molecule has 1 amide bonds. The van der Waals surface area contributed by atoms with Gasteiger partial charge < -0.3 is 10.4 Å². The molecule has 24 heavy (non-hydrogen) atoms. The lowest BCUT2D eigenvalue weighted by molar-refractivity contribution is -0.137. The molecule has 0 aliphatic rings. The predicted molar refractivity (Wildman–Crippen MR) is 90.4 cm³/mol. The van der Waals surface area contributed by atoms with Crippen LogP contribution in [0.3, 0.4) is 0 Å². The largest absolute Gasteiger partial charge is 0.481 e. The van der Waals surface area contributed by atoms with Crippen molar-refractivity contribution in [3.8, 4) is 0 Å². The van der Waals surface area contributed by atoms with Crippen molar-refractivity contribution in [2.24, 2.45) is 0 Å². The Hall–Kier alpha value is -2.63. The molecule has 2 rings (SSSR count). The average Bonchev–Trinajstić information content (AvgIpc) is 3.07. The van der Waals surface area contributed by atoms with Crippen molar-refractivity contribution in [1.82, 2.24) is 15.1 Å². The monoisotopic (exact) mass is 329 g/mol. The zero-order chi connectivity index (χ0) is 17.2. The van der Waals surface area contributed by atoms with Crippen molar-refractivity contribution in [3.63, 3.8) is 0 Å². The van der Waals surface area contributed by atoms with Gasteiger partial charge in [0.2, 0.25) is 5.91 Å². The molecule has 0 bridgehead atoms. The second kappa shape index (κ2) is 9.50. The van der Waals surface area contributed by atoms with E-state index in [-0.39, 0.29) is 18.4 Å². The Morgan fingerprint density at radius 1 is 1.17 bits per heavy atom. The van der Waals surface area contributed by atoms with Crippen molar-refractivity contribution in [2.75, 3.05) is 0 Å². The summed E-state index contributed by atoms with van der Waals surface area (Å²) in [6.45, 7) is 0.693. The number of rotatable bonds is 10. The summed E-state index contributed by atoms with van der Waals surface area (Å²) in [4.78, 5) is 23.0. The highest BCUT2D eigenvalue weighted by molar-refractivity contribution is 5.76. The summed E-state index contributed by atoms with van der Waals surface area (Å²) in [5, 5.41) is 16.0. The summed E-state index contributed by atoms with van der Waals surface area (Å²) < 4.78 is 1.79. The molecule has 0 spiro atoms. The molecule has 0 aliphatic carbocycles. The fourth-order valence-corrected chi connectivity index (χ4v) is 2.56. The third-order valence-electron chi connectivity index (χ3n) is 3.75. The Kier molecular flexibility index (Phi) is 7.01. The van der Waals surface area contributed by atoms with Crippen LogP contribution in [-0.2, 0) is 22.6 Å². The first-order valence-corrected chi connectivity index (χ1v) is 8.16. The van der Waals surface area contributed by atoms with Gasteiger partial charge >= 0.3 is 5.97 Å². The summed E-state index contributed by atoms with van der Waals surface area (Å²) in [6, 6.07) is 11.5. The summed E-state index contributed by atoms with van der Waals surface area (Å²) in [7, 11) is 0. The Morgan fingerprint density at radius 2 is 1.96 bits per heavy atom.